The first kappa shape index (κ1) is 26.0. The number of pyridine rings is 1. The topological polar surface area (TPSA) is 144 Å². The molecule has 212 valence electrons. The predicted octanol–water partition coefficient (Wildman–Crippen LogP) is 3.55. The average molecular weight is 554 g/mol. The van der Waals surface area contributed by atoms with Crippen LogP contribution in [0.4, 0.5) is 5.69 Å². The number of carbonyl (C=O) groups excluding carboxylic acids is 2. The molecule has 5 aliphatic rings. The summed E-state index contributed by atoms with van der Waals surface area (Å²) in [6.07, 6.45) is 11.8. The molecule has 0 aromatic carbocycles. The van der Waals surface area contributed by atoms with Gasteiger partial charge < -0.3 is 21.1 Å². The molecule has 10 heteroatoms. The molecule has 5 aliphatic carbocycles. The number of aromatic nitrogens is 3. The van der Waals surface area contributed by atoms with E-state index in [2.05, 4.69) is 32.1 Å². The molecule has 5 fully saturated rings. The van der Waals surface area contributed by atoms with Crippen molar-refractivity contribution < 1.29 is 14.7 Å². The fourth-order valence-corrected chi connectivity index (χ4v) is 6.79. The highest BCUT2D eigenvalue weighted by atomic mass is 16.3. The third kappa shape index (κ3) is 5.04. The summed E-state index contributed by atoms with van der Waals surface area (Å²) in [5.41, 5.74) is 3.23. The lowest BCUT2D eigenvalue weighted by Crippen LogP contribution is -2.54. The molecule has 8 rings (SSSR count). The van der Waals surface area contributed by atoms with Crippen molar-refractivity contribution in [3.63, 3.8) is 0 Å². The fraction of sp³-hybridized carbons (Fsp3) is 0.516. The van der Waals surface area contributed by atoms with E-state index in [1.807, 2.05) is 18.2 Å². The second-order valence-corrected chi connectivity index (χ2v) is 12.7. The molecule has 0 saturated heterocycles. The largest absolute Gasteiger partial charge is 0.390 e. The second kappa shape index (κ2) is 9.84. The summed E-state index contributed by atoms with van der Waals surface area (Å²) < 4.78 is 1.75. The van der Waals surface area contributed by atoms with Gasteiger partial charge in [-0.2, -0.15) is 10.4 Å². The van der Waals surface area contributed by atoms with Gasteiger partial charge in [0.1, 0.15) is 6.07 Å². The Morgan fingerprint density at radius 2 is 1.83 bits per heavy atom. The van der Waals surface area contributed by atoms with Gasteiger partial charge in [-0.1, -0.05) is 0 Å². The zero-order valence-corrected chi connectivity index (χ0v) is 23.0. The monoisotopic (exact) mass is 553 g/mol. The molecule has 41 heavy (non-hydrogen) atoms. The van der Waals surface area contributed by atoms with Gasteiger partial charge in [-0.05, 0) is 94.4 Å². The number of nitriles is 1. The lowest BCUT2D eigenvalue weighted by atomic mass is 9.63. The maximum atomic E-state index is 13.5. The van der Waals surface area contributed by atoms with Crippen molar-refractivity contribution in [1.29, 1.82) is 5.26 Å². The minimum absolute atomic E-state index is 0.166. The molecule has 3 aromatic heterocycles. The Morgan fingerprint density at radius 1 is 1.07 bits per heavy atom. The molecule has 2 bridgehead atoms. The van der Waals surface area contributed by atoms with Crippen LogP contribution < -0.4 is 16.0 Å². The van der Waals surface area contributed by atoms with E-state index in [-0.39, 0.29) is 29.3 Å². The van der Waals surface area contributed by atoms with Crippen LogP contribution in [0.15, 0.2) is 36.7 Å². The van der Waals surface area contributed by atoms with Crippen molar-refractivity contribution in [2.75, 3.05) is 11.9 Å². The molecule has 2 amide bonds. The summed E-state index contributed by atoms with van der Waals surface area (Å²) in [5, 5.41) is 34.4. The first-order valence-corrected chi connectivity index (χ1v) is 14.8. The average Bonchev–Trinajstić information content (AvgIpc) is 3.74. The zero-order valence-electron chi connectivity index (χ0n) is 23.0. The Labute approximate surface area is 238 Å². The van der Waals surface area contributed by atoms with Crippen LogP contribution in [0.3, 0.4) is 0 Å². The van der Waals surface area contributed by atoms with Crippen LogP contribution in [0, 0.1) is 23.2 Å². The van der Waals surface area contributed by atoms with Gasteiger partial charge in [0, 0.05) is 30.2 Å². The highest BCUT2D eigenvalue weighted by molar-refractivity contribution is 6.00. The maximum Gasteiger partial charge on any atom is 0.254 e. The van der Waals surface area contributed by atoms with Gasteiger partial charge in [-0.15, -0.1) is 0 Å². The first-order chi connectivity index (χ1) is 19.8. The number of fused-ring (bicyclic) bond motifs is 4. The minimum atomic E-state index is -0.551. The Hall–Kier alpha value is -3.97. The second-order valence-electron chi connectivity index (χ2n) is 12.7. The number of amides is 2. The molecule has 5 saturated carbocycles. The van der Waals surface area contributed by atoms with Gasteiger partial charge in [0.2, 0.25) is 5.91 Å². The van der Waals surface area contributed by atoms with Crippen molar-refractivity contribution in [3.05, 3.63) is 47.8 Å². The highest BCUT2D eigenvalue weighted by Crippen LogP contribution is 2.48. The summed E-state index contributed by atoms with van der Waals surface area (Å²) in [5.74, 6) is 0.566. The Bertz CT molecular complexity index is 1540. The normalized spacial score (nSPS) is 28.5. The molecular formula is C31H35N7O3. The van der Waals surface area contributed by atoms with Crippen LogP contribution in [0.5, 0.6) is 0 Å². The predicted molar refractivity (Wildman–Crippen MR) is 152 cm³/mol. The van der Waals surface area contributed by atoms with E-state index in [0.29, 0.717) is 29.3 Å². The lowest BCUT2D eigenvalue weighted by molar-refractivity contribution is -0.123. The third-order valence-electron chi connectivity index (χ3n) is 9.73. The smallest absolute Gasteiger partial charge is 0.254 e. The summed E-state index contributed by atoms with van der Waals surface area (Å²) in [6, 6.07) is 9.87. The van der Waals surface area contributed by atoms with Crippen LogP contribution in [-0.2, 0) is 4.79 Å². The fourth-order valence-electron chi connectivity index (χ4n) is 6.79. The van der Waals surface area contributed by atoms with Crippen molar-refractivity contribution in [3.8, 4) is 17.5 Å². The van der Waals surface area contributed by atoms with Gasteiger partial charge in [-0.25, -0.2) is 4.52 Å². The number of nitrogens with zero attached hydrogens (tertiary/aromatic N) is 4. The van der Waals surface area contributed by atoms with Crippen LogP contribution >= 0.6 is 0 Å². The summed E-state index contributed by atoms with van der Waals surface area (Å²) in [7, 11) is 0. The molecule has 3 heterocycles. The first-order valence-electron chi connectivity index (χ1n) is 14.8. The van der Waals surface area contributed by atoms with E-state index >= 15 is 0 Å². The van der Waals surface area contributed by atoms with Crippen LogP contribution in [0.2, 0.25) is 0 Å². The molecule has 0 radical (unpaired) electrons. The van der Waals surface area contributed by atoms with E-state index in [1.54, 1.807) is 16.8 Å². The number of anilines is 1. The minimum Gasteiger partial charge on any atom is -0.390 e. The highest BCUT2D eigenvalue weighted by Gasteiger charge is 2.48. The van der Waals surface area contributed by atoms with Crippen molar-refractivity contribution in [2.45, 2.75) is 81.4 Å². The quantitative estimate of drug-likeness (QED) is 0.334. The van der Waals surface area contributed by atoms with Gasteiger partial charge >= 0.3 is 0 Å². The Morgan fingerprint density at radius 3 is 2.54 bits per heavy atom. The van der Waals surface area contributed by atoms with Crippen molar-refractivity contribution in [1.82, 2.24) is 25.2 Å². The van der Waals surface area contributed by atoms with E-state index < -0.39 is 5.60 Å². The van der Waals surface area contributed by atoms with Crippen LogP contribution in [-0.4, -0.2) is 55.2 Å². The van der Waals surface area contributed by atoms with Crippen molar-refractivity contribution in [2.24, 2.45) is 11.8 Å². The van der Waals surface area contributed by atoms with E-state index in [1.165, 1.54) is 6.20 Å². The maximum absolute atomic E-state index is 13.5. The molecule has 4 N–H and O–H groups in total. The molecule has 10 nitrogen and oxygen atoms in total. The zero-order chi connectivity index (χ0) is 28.2. The molecule has 0 atom stereocenters. The van der Waals surface area contributed by atoms with E-state index in [0.717, 1.165) is 81.1 Å². The molecule has 0 aliphatic heterocycles. The molecule has 0 spiro atoms. The summed E-state index contributed by atoms with van der Waals surface area (Å²) in [4.78, 5) is 30.2. The molecular weight excluding hydrogens is 518 g/mol. The molecule has 0 unspecified atom stereocenters. The van der Waals surface area contributed by atoms with Gasteiger partial charge in [0.05, 0.1) is 45.5 Å². The number of hydrogen-bond acceptors (Lipinski definition) is 7. The van der Waals surface area contributed by atoms with Crippen LogP contribution in [0.25, 0.3) is 16.9 Å². The number of rotatable bonds is 8. The third-order valence-corrected chi connectivity index (χ3v) is 9.73. The summed E-state index contributed by atoms with van der Waals surface area (Å²) in [6.45, 7) is 0.558. The number of carbonyl (C=O) groups is 2. The number of hydrogen-bond donors (Lipinski definition) is 4. The summed E-state index contributed by atoms with van der Waals surface area (Å²) >= 11 is 0. The SMILES string of the molecule is N#Cc1cnn2c(-c3cc(NC45CCC(O)(CC4)CC5)c(C(=O)NCC4CC(NC(=O)C5CC5)C4)cn3)ccc2c1. The van der Waals surface area contributed by atoms with Crippen LogP contribution in [0.1, 0.15) is 80.1 Å². The Balaban J connectivity index is 1.11. The lowest BCUT2D eigenvalue weighted by Gasteiger charge is -2.51. The Kier molecular flexibility index (Phi) is 6.23. The van der Waals surface area contributed by atoms with Gasteiger partial charge in [-0.3, -0.25) is 14.6 Å². The van der Waals surface area contributed by atoms with Crippen molar-refractivity contribution >= 4 is 23.0 Å². The number of nitrogens with one attached hydrogen (secondary N) is 3. The standard InChI is InChI=1S/C31H35N7O3/c32-15-20-13-23-3-4-27(38(23)35-17-20)26-14-25(37-30-5-8-31(41,9-6-30)10-7-30)24(18-33-26)29(40)34-16-19-11-22(12-19)36-28(39)21-1-2-21/h3-4,13-14,17-19,21-22,41H,1-2,5-12,16H2,(H,33,37)(H,34,40)(H,36,39). The van der Waals surface area contributed by atoms with Gasteiger partial charge in [0.15, 0.2) is 0 Å². The van der Waals surface area contributed by atoms with E-state index in [4.69, 9.17) is 0 Å². The number of aliphatic hydroxyl groups is 1. The van der Waals surface area contributed by atoms with E-state index in [9.17, 15) is 20.0 Å². The van der Waals surface area contributed by atoms with Gasteiger partial charge in [0.25, 0.3) is 5.91 Å². The molecule has 3 aromatic rings.